The quantitative estimate of drug-likeness (QED) is 0.269. The molecule has 0 amide bonds. The molecule has 0 heterocycles. The van der Waals surface area contributed by atoms with Gasteiger partial charge in [0.1, 0.15) is 11.6 Å². The zero-order chi connectivity index (χ0) is 49.4. The van der Waals surface area contributed by atoms with Gasteiger partial charge in [0.25, 0.3) is 0 Å². The summed E-state index contributed by atoms with van der Waals surface area (Å²) in [5.74, 6) is 3.62. The summed E-state index contributed by atoms with van der Waals surface area (Å²) in [4.78, 5) is 39.6. The summed E-state index contributed by atoms with van der Waals surface area (Å²) in [7, 11) is 0. The van der Waals surface area contributed by atoms with E-state index < -0.39 is 0 Å². The molecule has 0 radical (unpaired) electrons. The van der Waals surface area contributed by atoms with Crippen LogP contribution in [0.2, 0.25) is 0 Å². The van der Waals surface area contributed by atoms with Crippen LogP contribution in [0.1, 0.15) is 233 Å². The monoisotopic (exact) mass is 923 g/mol. The van der Waals surface area contributed by atoms with Crippen LogP contribution in [-0.2, 0) is 14.4 Å². The van der Waals surface area contributed by atoms with Crippen LogP contribution in [0.5, 0.6) is 0 Å². The van der Waals surface area contributed by atoms with E-state index in [0.29, 0.717) is 63.2 Å². The van der Waals surface area contributed by atoms with E-state index in [0.717, 1.165) is 70.6 Å². The van der Waals surface area contributed by atoms with Crippen LogP contribution in [0.3, 0.4) is 0 Å². The maximum atomic E-state index is 14.3. The summed E-state index contributed by atoms with van der Waals surface area (Å²) < 4.78 is 0. The van der Waals surface area contributed by atoms with Gasteiger partial charge in [-0.3, -0.25) is 14.4 Å². The molecular weight excluding hydrogens is 825 g/mol. The Morgan fingerprint density at radius 1 is 0.493 bits per heavy atom. The molecule has 2 N–H and O–H groups in total. The van der Waals surface area contributed by atoms with E-state index in [2.05, 4.69) is 109 Å². The maximum Gasteiger partial charge on any atom is 0.159 e. The molecule has 8 saturated carbocycles. The summed E-state index contributed by atoms with van der Waals surface area (Å²) in [5, 5.41) is 21.8. The number of rotatable bonds is 2. The van der Waals surface area contributed by atoms with Crippen molar-refractivity contribution in [3.63, 3.8) is 0 Å². The third-order valence-electron chi connectivity index (χ3n) is 27.1. The third-order valence-corrected chi connectivity index (χ3v) is 27.1. The third kappa shape index (κ3) is 6.57. The molecule has 10 rings (SSSR count). The number of fused-ring (bicyclic) bond motifs is 14. The SMILES string of the molecule is CC(=O)[C@@]1(C)CC[C@]2(C)CC[C@]3(C)C(=CC(=O)[C@@H]4[C@@]5(C)CC[C@H](O)C(C)(C)[C@@H]5CC[C@]43C)[C@@H]2C1.CC(=O)[C@@]1(C)CC[C@]2(C)CC[C@]3(C)C(=CC[C@@H]4[C@@]5(C)CC[C@H](O)C(C)(C)[C@@H]5CC[C@]43C)[C@@H]2C1. The van der Waals surface area contributed by atoms with E-state index in [1.807, 2.05) is 6.92 Å². The number of hydrogen-bond donors (Lipinski definition) is 2. The minimum atomic E-state index is -0.280. The largest absolute Gasteiger partial charge is 0.393 e. The van der Waals surface area contributed by atoms with E-state index in [4.69, 9.17) is 0 Å². The van der Waals surface area contributed by atoms with Gasteiger partial charge in [0.05, 0.1) is 12.2 Å². The lowest BCUT2D eigenvalue weighted by atomic mass is 9.33. The van der Waals surface area contributed by atoms with Crippen LogP contribution in [0, 0.1) is 100 Å². The first-order valence-electron chi connectivity index (χ1n) is 28.0. The Morgan fingerprint density at radius 2 is 0.910 bits per heavy atom. The predicted octanol–water partition coefficient (Wildman–Crippen LogP) is 14.7. The molecule has 8 fully saturated rings. The molecule has 0 aromatic heterocycles. The van der Waals surface area contributed by atoms with Crippen LogP contribution in [-0.4, -0.2) is 39.8 Å². The number of aliphatic hydroxyl groups is 2. The molecule has 376 valence electrons. The van der Waals surface area contributed by atoms with Crippen molar-refractivity contribution in [2.75, 3.05) is 0 Å². The summed E-state index contributed by atoms with van der Waals surface area (Å²) in [5.41, 5.74) is 3.84. The molecule has 67 heavy (non-hydrogen) atoms. The van der Waals surface area contributed by atoms with Crippen LogP contribution in [0.25, 0.3) is 0 Å². The van der Waals surface area contributed by atoms with Crippen molar-refractivity contribution in [2.24, 2.45) is 100 Å². The lowest BCUT2D eigenvalue weighted by Crippen LogP contribution is -2.66. The Hall–Kier alpha value is -1.59. The van der Waals surface area contributed by atoms with Gasteiger partial charge in [-0.2, -0.15) is 0 Å². The zero-order valence-corrected chi connectivity index (χ0v) is 45.8. The highest BCUT2D eigenvalue weighted by Gasteiger charge is 2.71. The average Bonchev–Trinajstić information content (AvgIpc) is 3.23. The first-order chi connectivity index (χ1) is 30.7. The predicted molar refractivity (Wildman–Crippen MR) is 272 cm³/mol. The number of hydrogen-bond acceptors (Lipinski definition) is 5. The highest BCUT2D eigenvalue weighted by Crippen LogP contribution is 2.77. The number of carbonyl (C=O) groups is 3. The molecule has 5 heteroatoms. The van der Waals surface area contributed by atoms with Gasteiger partial charge >= 0.3 is 0 Å². The van der Waals surface area contributed by atoms with Crippen LogP contribution in [0.4, 0.5) is 0 Å². The van der Waals surface area contributed by atoms with Crippen molar-refractivity contribution in [3.8, 4) is 0 Å². The Morgan fingerprint density at radius 3 is 1.40 bits per heavy atom. The molecule has 0 bridgehead atoms. The van der Waals surface area contributed by atoms with Gasteiger partial charge in [0.15, 0.2) is 5.78 Å². The Balaban J connectivity index is 0.000000168. The summed E-state index contributed by atoms with van der Waals surface area (Å²) >= 11 is 0. The molecular formula is C62H98O5. The topological polar surface area (TPSA) is 91.7 Å². The van der Waals surface area contributed by atoms with Gasteiger partial charge in [0.2, 0.25) is 0 Å². The van der Waals surface area contributed by atoms with Gasteiger partial charge in [-0.15, -0.1) is 0 Å². The molecule has 0 aliphatic heterocycles. The summed E-state index contributed by atoms with van der Waals surface area (Å²) in [6.45, 7) is 37.3. The van der Waals surface area contributed by atoms with E-state index in [9.17, 15) is 24.6 Å². The highest BCUT2D eigenvalue weighted by molar-refractivity contribution is 5.96. The number of carbonyl (C=O) groups excluding carboxylic acids is 3. The van der Waals surface area contributed by atoms with Crippen molar-refractivity contribution in [1.29, 1.82) is 0 Å². The fourth-order valence-corrected chi connectivity index (χ4v) is 21.2. The van der Waals surface area contributed by atoms with E-state index in [1.165, 1.54) is 56.9 Å². The van der Waals surface area contributed by atoms with Gasteiger partial charge in [-0.25, -0.2) is 0 Å². The molecule has 0 spiro atoms. The first-order valence-corrected chi connectivity index (χ1v) is 28.0. The standard InChI is InChI=1S/C31H48O3.C31H50O2/c1-19(32)28(5)14-13-27(4)15-16-30(7)20(21(27)18-28)17-22(33)25-29(6)11-10-24(34)26(2,3)23(29)9-12-31(25,30)8;1-20(32)28(5)16-15-27(4)17-18-30(7)21(22(27)19-28)9-10-24-29(6)13-12-25(33)26(2,3)23(29)11-14-31(24,30)8/h17,21,23-25,34H,9-16,18H2,1-8H3;9,22-25,33H,10-19H2,1-8H3/t21-,23-,24-,25+,27+,28-,29-,30+,31+;22-,23-,24+,25-,27+,28-,29-,30+,31+/m00/s1. The highest BCUT2D eigenvalue weighted by atomic mass is 16.3. The normalized spacial score (nSPS) is 54.7. The number of aliphatic hydroxyl groups excluding tert-OH is 2. The van der Waals surface area contributed by atoms with Crippen molar-refractivity contribution < 1.29 is 24.6 Å². The number of ketones is 3. The molecule has 0 aromatic carbocycles. The van der Waals surface area contributed by atoms with Gasteiger partial charge in [0, 0.05) is 16.7 Å². The molecule has 5 nitrogen and oxygen atoms in total. The maximum absolute atomic E-state index is 14.3. The second-order valence-corrected chi connectivity index (χ2v) is 30.4. The van der Waals surface area contributed by atoms with Crippen LogP contribution in [0.15, 0.2) is 23.3 Å². The van der Waals surface area contributed by atoms with Gasteiger partial charge in [-0.05, 0) is 226 Å². The van der Waals surface area contributed by atoms with E-state index in [1.54, 1.807) is 12.5 Å². The lowest BCUT2D eigenvalue weighted by Gasteiger charge is -2.71. The second kappa shape index (κ2) is 15.2. The van der Waals surface area contributed by atoms with E-state index >= 15 is 0 Å². The first kappa shape index (κ1) is 50.4. The Labute approximate surface area is 409 Å². The molecule has 0 saturated heterocycles. The zero-order valence-electron chi connectivity index (χ0n) is 45.8. The fraction of sp³-hybridized carbons (Fsp3) is 0.887. The molecule has 0 unspecified atom stereocenters. The van der Waals surface area contributed by atoms with Crippen molar-refractivity contribution in [3.05, 3.63) is 23.3 Å². The summed E-state index contributed by atoms with van der Waals surface area (Å²) in [6, 6.07) is 0. The molecule has 10 aliphatic rings. The second-order valence-electron chi connectivity index (χ2n) is 30.4. The van der Waals surface area contributed by atoms with Crippen molar-refractivity contribution in [2.45, 2.75) is 245 Å². The molecule has 10 aliphatic carbocycles. The number of allylic oxidation sites excluding steroid dienone is 4. The number of Topliss-reactive ketones (excluding diaryl/α,β-unsaturated/α-hetero) is 2. The Kier molecular flexibility index (Phi) is 11.4. The van der Waals surface area contributed by atoms with Crippen molar-refractivity contribution >= 4 is 17.3 Å². The van der Waals surface area contributed by atoms with E-state index in [-0.39, 0.29) is 66.9 Å². The van der Waals surface area contributed by atoms with Crippen LogP contribution < -0.4 is 0 Å². The minimum Gasteiger partial charge on any atom is -0.393 e. The Bertz CT molecular complexity index is 2140. The smallest absolute Gasteiger partial charge is 0.159 e. The minimum absolute atomic E-state index is 0.00101. The summed E-state index contributed by atoms with van der Waals surface area (Å²) in [6.07, 6.45) is 25.4. The molecule has 18 atom stereocenters. The average molecular weight is 923 g/mol. The fourth-order valence-electron chi connectivity index (χ4n) is 21.2. The lowest BCUT2D eigenvalue weighted by molar-refractivity contribution is -0.203. The van der Waals surface area contributed by atoms with Crippen molar-refractivity contribution in [1.82, 2.24) is 0 Å². The molecule has 0 aromatic rings. The van der Waals surface area contributed by atoms with Gasteiger partial charge < -0.3 is 10.2 Å². The van der Waals surface area contributed by atoms with Crippen LogP contribution >= 0.6 is 0 Å². The van der Waals surface area contributed by atoms with Gasteiger partial charge in [-0.1, -0.05) is 114 Å².